The van der Waals surface area contributed by atoms with Gasteiger partial charge in [0, 0.05) is 12.4 Å². The van der Waals surface area contributed by atoms with E-state index in [1.54, 1.807) is 12.1 Å². The minimum Gasteiger partial charge on any atom is -0.396 e. The number of carbonyl (C=O) groups excluding carboxylic acids is 1. The number of carbonyl (C=O) groups is 1. The maximum atomic E-state index is 11.8. The van der Waals surface area contributed by atoms with Crippen molar-refractivity contribution in [3.8, 4) is 6.07 Å². The standard InChI is InChI=1S/C12H9N5O/c13-6-8-3-4-10(16-7-8)12(18)17-11-9(14)2-1-5-15-11/h1-5,7H,14H2,(H,15,17,18). The summed E-state index contributed by atoms with van der Waals surface area (Å²) in [6.07, 6.45) is 2.86. The van der Waals surface area contributed by atoms with Crippen molar-refractivity contribution in [2.45, 2.75) is 0 Å². The van der Waals surface area contributed by atoms with E-state index in [9.17, 15) is 4.79 Å². The van der Waals surface area contributed by atoms with Crippen LogP contribution in [0.4, 0.5) is 11.5 Å². The van der Waals surface area contributed by atoms with Gasteiger partial charge in [0.25, 0.3) is 5.91 Å². The fourth-order valence-corrected chi connectivity index (χ4v) is 1.29. The van der Waals surface area contributed by atoms with E-state index in [1.165, 1.54) is 24.5 Å². The second-order valence-corrected chi connectivity index (χ2v) is 3.44. The number of nitriles is 1. The SMILES string of the molecule is N#Cc1ccc(C(=O)Nc2ncccc2N)nc1. The molecule has 2 rings (SSSR count). The predicted molar refractivity (Wildman–Crippen MR) is 65.6 cm³/mol. The Bertz CT molecular complexity index is 615. The molecule has 0 spiro atoms. The van der Waals surface area contributed by atoms with Gasteiger partial charge in [0.15, 0.2) is 5.82 Å². The quantitative estimate of drug-likeness (QED) is 0.818. The molecule has 6 heteroatoms. The molecule has 0 aromatic carbocycles. The van der Waals surface area contributed by atoms with Crippen molar-refractivity contribution in [2.24, 2.45) is 0 Å². The van der Waals surface area contributed by atoms with Crippen LogP contribution in [-0.4, -0.2) is 15.9 Å². The number of rotatable bonds is 2. The maximum Gasteiger partial charge on any atom is 0.275 e. The molecule has 0 fully saturated rings. The number of anilines is 2. The van der Waals surface area contributed by atoms with Gasteiger partial charge in [0.2, 0.25) is 0 Å². The number of nitrogens with two attached hydrogens (primary N) is 1. The summed E-state index contributed by atoms with van der Waals surface area (Å²) in [5, 5.41) is 11.2. The summed E-state index contributed by atoms with van der Waals surface area (Å²) in [5.74, 6) is -0.140. The van der Waals surface area contributed by atoms with Crippen LogP contribution >= 0.6 is 0 Å². The normalized spacial score (nSPS) is 9.50. The van der Waals surface area contributed by atoms with Gasteiger partial charge < -0.3 is 11.1 Å². The number of nitrogens with zero attached hydrogens (tertiary/aromatic N) is 3. The first-order valence-corrected chi connectivity index (χ1v) is 5.08. The van der Waals surface area contributed by atoms with E-state index < -0.39 is 5.91 Å². The Morgan fingerprint density at radius 2 is 2.17 bits per heavy atom. The molecule has 1 amide bonds. The number of amides is 1. The molecule has 3 N–H and O–H groups in total. The molecule has 0 aliphatic rings. The average molecular weight is 239 g/mol. The molecular weight excluding hydrogens is 230 g/mol. The van der Waals surface area contributed by atoms with Gasteiger partial charge in [-0.3, -0.25) is 4.79 Å². The lowest BCUT2D eigenvalue weighted by Gasteiger charge is -2.05. The summed E-state index contributed by atoms with van der Waals surface area (Å²) in [6.45, 7) is 0. The van der Waals surface area contributed by atoms with Gasteiger partial charge in [-0.1, -0.05) is 0 Å². The molecule has 2 aromatic heterocycles. The average Bonchev–Trinajstić information content (AvgIpc) is 2.41. The number of aromatic nitrogens is 2. The van der Waals surface area contributed by atoms with Crippen LogP contribution in [-0.2, 0) is 0 Å². The monoisotopic (exact) mass is 239 g/mol. The highest BCUT2D eigenvalue weighted by Crippen LogP contribution is 2.13. The lowest BCUT2D eigenvalue weighted by atomic mass is 10.2. The van der Waals surface area contributed by atoms with E-state index in [0.717, 1.165) is 0 Å². The first-order chi connectivity index (χ1) is 8.70. The third kappa shape index (κ3) is 2.41. The van der Waals surface area contributed by atoms with Crippen molar-refractivity contribution in [1.29, 1.82) is 5.26 Å². The minimum atomic E-state index is -0.426. The van der Waals surface area contributed by atoms with Crippen molar-refractivity contribution < 1.29 is 4.79 Å². The Kier molecular flexibility index (Phi) is 3.16. The van der Waals surface area contributed by atoms with Crippen LogP contribution in [0.15, 0.2) is 36.7 Å². The highest BCUT2D eigenvalue weighted by atomic mass is 16.1. The van der Waals surface area contributed by atoms with Gasteiger partial charge in [-0.05, 0) is 24.3 Å². The van der Waals surface area contributed by atoms with E-state index in [2.05, 4.69) is 15.3 Å². The van der Waals surface area contributed by atoms with Crippen molar-refractivity contribution in [3.63, 3.8) is 0 Å². The summed E-state index contributed by atoms with van der Waals surface area (Å²) in [7, 11) is 0. The van der Waals surface area contributed by atoms with Crippen molar-refractivity contribution in [3.05, 3.63) is 47.9 Å². The zero-order chi connectivity index (χ0) is 13.0. The lowest BCUT2D eigenvalue weighted by molar-refractivity contribution is 0.102. The van der Waals surface area contributed by atoms with Crippen LogP contribution in [0.3, 0.4) is 0 Å². The fraction of sp³-hybridized carbons (Fsp3) is 0. The third-order valence-electron chi connectivity index (χ3n) is 2.20. The molecule has 88 valence electrons. The zero-order valence-electron chi connectivity index (χ0n) is 9.29. The van der Waals surface area contributed by atoms with Gasteiger partial charge in [-0.15, -0.1) is 0 Å². The van der Waals surface area contributed by atoms with Gasteiger partial charge in [0.1, 0.15) is 11.8 Å². The van der Waals surface area contributed by atoms with E-state index in [-0.39, 0.29) is 11.5 Å². The number of nitrogens with one attached hydrogen (secondary N) is 1. The Morgan fingerprint density at radius 1 is 1.33 bits per heavy atom. The van der Waals surface area contributed by atoms with Crippen molar-refractivity contribution in [1.82, 2.24) is 9.97 Å². The molecule has 0 aliphatic heterocycles. The van der Waals surface area contributed by atoms with Gasteiger partial charge >= 0.3 is 0 Å². The lowest BCUT2D eigenvalue weighted by Crippen LogP contribution is -2.15. The molecule has 6 nitrogen and oxygen atoms in total. The second-order valence-electron chi connectivity index (χ2n) is 3.44. The molecular formula is C12H9N5O. The Hall–Kier alpha value is -2.94. The molecule has 0 unspecified atom stereocenters. The highest BCUT2D eigenvalue weighted by Gasteiger charge is 2.09. The molecule has 0 atom stereocenters. The molecule has 0 aliphatic carbocycles. The Morgan fingerprint density at radius 3 is 2.78 bits per heavy atom. The van der Waals surface area contributed by atoms with Gasteiger partial charge in [-0.25, -0.2) is 9.97 Å². The number of hydrogen-bond donors (Lipinski definition) is 2. The fourth-order valence-electron chi connectivity index (χ4n) is 1.29. The van der Waals surface area contributed by atoms with Crippen LogP contribution in [0, 0.1) is 11.3 Å². The van der Waals surface area contributed by atoms with Gasteiger partial charge in [0.05, 0.1) is 11.3 Å². The molecule has 0 radical (unpaired) electrons. The molecule has 2 heterocycles. The smallest absolute Gasteiger partial charge is 0.275 e. The number of hydrogen-bond acceptors (Lipinski definition) is 5. The van der Waals surface area contributed by atoms with Crippen LogP contribution < -0.4 is 11.1 Å². The highest BCUT2D eigenvalue weighted by molar-refractivity contribution is 6.03. The Balaban J connectivity index is 2.17. The first-order valence-electron chi connectivity index (χ1n) is 5.08. The first kappa shape index (κ1) is 11.5. The van der Waals surface area contributed by atoms with E-state index in [4.69, 9.17) is 11.0 Å². The molecule has 0 saturated heterocycles. The topological polar surface area (TPSA) is 105 Å². The van der Waals surface area contributed by atoms with Crippen LogP contribution in [0.2, 0.25) is 0 Å². The summed E-state index contributed by atoms with van der Waals surface area (Å²) in [4.78, 5) is 19.6. The van der Waals surface area contributed by atoms with Crippen LogP contribution in [0.5, 0.6) is 0 Å². The van der Waals surface area contributed by atoms with Crippen molar-refractivity contribution in [2.75, 3.05) is 11.1 Å². The van der Waals surface area contributed by atoms with E-state index >= 15 is 0 Å². The molecule has 0 bridgehead atoms. The minimum absolute atomic E-state index is 0.194. The number of nitrogen functional groups attached to an aromatic ring is 1. The third-order valence-corrected chi connectivity index (χ3v) is 2.20. The van der Waals surface area contributed by atoms with Crippen LogP contribution in [0.1, 0.15) is 16.1 Å². The zero-order valence-corrected chi connectivity index (χ0v) is 9.29. The van der Waals surface area contributed by atoms with E-state index in [0.29, 0.717) is 11.3 Å². The second kappa shape index (κ2) is 4.93. The molecule has 2 aromatic rings. The van der Waals surface area contributed by atoms with Crippen LogP contribution in [0.25, 0.3) is 0 Å². The van der Waals surface area contributed by atoms with Crippen molar-refractivity contribution >= 4 is 17.4 Å². The van der Waals surface area contributed by atoms with E-state index in [1.807, 2.05) is 6.07 Å². The molecule has 0 saturated carbocycles. The Labute approximate surface area is 103 Å². The summed E-state index contributed by atoms with van der Waals surface area (Å²) in [6, 6.07) is 8.21. The van der Waals surface area contributed by atoms with Gasteiger partial charge in [-0.2, -0.15) is 5.26 Å². The largest absolute Gasteiger partial charge is 0.396 e. The number of pyridine rings is 2. The summed E-state index contributed by atoms with van der Waals surface area (Å²) in [5.41, 5.74) is 6.61. The maximum absolute atomic E-state index is 11.8. The predicted octanol–water partition coefficient (Wildman–Crippen LogP) is 1.18. The molecule has 18 heavy (non-hydrogen) atoms. The summed E-state index contributed by atoms with van der Waals surface area (Å²) >= 11 is 0. The summed E-state index contributed by atoms with van der Waals surface area (Å²) < 4.78 is 0.